The molecule has 0 saturated heterocycles. The van der Waals surface area contributed by atoms with Crippen molar-refractivity contribution in [2.75, 3.05) is 17.6 Å². The first kappa shape index (κ1) is 17.2. The summed E-state index contributed by atoms with van der Waals surface area (Å²) >= 11 is 1.59. The van der Waals surface area contributed by atoms with Crippen molar-refractivity contribution in [2.45, 2.75) is 44.4 Å². The molecule has 1 aromatic heterocycles. The SMILES string of the molecule is CC(C)C1(C(C)C)CSc2ccc(NCC(F)(F)F)c(=O)n21. The summed E-state index contributed by atoms with van der Waals surface area (Å²) in [6.07, 6.45) is -4.35. The second kappa shape index (κ2) is 5.83. The van der Waals surface area contributed by atoms with E-state index < -0.39 is 12.7 Å². The smallest absolute Gasteiger partial charge is 0.372 e. The minimum Gasteiger partial charge on any atom is -0.372 e. The van der Waals surface area contributed by atoms with Crippen molar-refractivity contribution in [1.29, 1.82) is 0 Å². The van der Waals surface area contributed by atoms with E-state index in [2.05, 4.69) is 33.0 Å². The first-order valence-electron chi connectivity index (χ1n) is 7.29. The van der Waals surface area contributed by atoms with Gasteiger partial charge in [0.15, 0.2) is 0 Å². The van der Waals surface area contributed by atoms with Crippen molar-refractivity contribution < 1.29 is 13.2 Å². The minimum absolute atomic E-state index is 0.00856. The fourth-order valence-corrected chi connectivity index (χ4v) is 4.85. The molecule has 0 saturated carbocycles. The lowest BCUT2D eigenvalue weighted by Gasteiger charge is -2.39. The summed E-state index contributed by atoms with van der Waals surface area (Å²) in [5, 5.41) is 3.05. The highest BCUT2D eigenvalue weighted by Gasteiger charge is 2.45. The van der Waals surface area contributed by atoms with Crippen LogP contribution in [0.2, 0.25) is 0 Å². The first-order chi connectivity index (χ1) is 10.1. The lowest BCUT2D eigenvalue weighted by Crippen LogP contribution is -2.49. The van der Waals surface area contributed by atoms with E-state index in [0.717, 1.165) is 10.8 Å². The molecule has 7 heteroatoms. The molecule has 0 bridgehead atoms. The highest BCUT2D eigenvalue weighted by Crippen LogP contribution is 2.45. The summed E-state index contributed by atoms with van der Waals surface area (Å²) in [6, 6.07) is 3.18. The molecule has 2 heterocycles. The number of nitrogens with one attached hydrogen (secondary N) is 1. The molecule has 1 N–H and O–H groups in total. The Morgan fingerprint density at radius 1 is 1.27 bits per heavy atom. The molecule has 0 fully saturated rings. The van der Waals surface area contributed by atoms with Gasteiger partial charge in [0.05, 0.1) is 10.6 Å². The zero-order chi connectivity index (χ0) is 16.7. The first-order valence-corrected chi connectivity index (χ1v) is 8.28. The maximum Gasteiger partial charge on any atom is 0.405 e. The summed E-state index contributed by atoms with van der Waals surface area (Å²) in [6.45, 7) is 7.01. The maximum atomic E-state index is 12.7. The third-order valence-corrected chi connectivity index (χ3v) is 5.61. The van der Waals surface area contributed by atoms with Gasteiger partial charge < -0.3 is 5.32 Å². The van der Waals surface area contributed by atoms with Gasteiger partial charge in [0, 0.05) is 5.75 Å². The van der Waals surface area contributed by atoms with Gasteiger partial charge in [-0.3, -0.25) is 9.36 Å². The van der Waals surface area contributed by atoms with E-state index in [1.807, 2.05) is 0 Å². The Bertz CT molecular complexity index is 600. The zero-order valence-corrected chi connectivity index (χ0v) is 13.9. The van der Waals surface area contributed by atoms with Crippen LogP contribution in [0.25, 0.3) is 0 Å². The zero-order valence-electron chi connectivity index (χ0n) is 13.1. The summed E-state index contributed by atoms with van der Waals surface area (Å²) < 4.78 is 38.8. The Hall–Kier alpha value is -1.11. The molecule has 1 aliphatic rings. The van der Waals surface area contributed by atoms with Crippen molar-refractivity contribution in [3.05, 3.63) is 22.5 Å². The Balaban J connectivity index is 2.49. The van der Waals surface area contributed by atoms with Crippen LogP contribution in [0.3, 0.4) is 0 Å². The van der Waals surface area contributed by atoms with E-state index >= 15 is 0 Å². The van der Waals surface area contributed by atoms with Crippen LogP contribution < -0.4 is 10.9 Å². The van der Waals surface area contributed by atoms with Crippen molar-refractivity contribution in [2.24, 2.45) is 11.8 Å². The fraction of sp³-hybridized carbons (Fsp3) is 0.667. The van der Waals surface area contributed by atoms with Crippen LogP contribution in [0.5, 0.6) is 0 Å². The minimum atomic E-state index is -4.35. The number of thioether (sulfide) groups is 1. The summed E-state index contributed by atoms with van der Waals surface area (Å²) in [5.74, 6) is 1.17. The molecule has 124 valence electrons. The van der Waals surface area contributed by atoms with Crippen LogP contribution in [-0.4, -0.2) is 23.0 Å². The number of alkyl halides is 3. The average Bonchev–Trinajstić information content (AvgIpc) is 2.78. The third kappa shape index (κ3) is 2.87. The molecule has 2 rings (SSSR count). The topological polar surface area (TPSA) is 34.0 Å². The molecule has 0 amide bonds. The highest BCUT2D eigenvalue weighted by atomic mass is 32.2. The Morgan fingerprint density at radius 2 is 1.86 bits per heavy atom. The molecule has 22 heavy (non-hydrogen) atoms. The molecule has 0 atom stereocenters. The Kier molecular flexibility index (Phi) is 4.57. The molecule has 0 radical (unpaired) electrons. The number of aromatic nitrogens is 1. The van der Waals surface area contributed by atoms with Gasteiger partial charge >= 0.3 is 6.18 Å². The molecular formula is C15H21F3N2OS. The molecule has 0 aromatic carbocycles. The van der Waals surface area contributed by atoms with Crippen LogP contribution in [-0.2, 0) is 5.54 Å². The predicted octanol–water partition coefficient (Wildman–Crippen LogP) is 3.94. The van der Waals surface area contributed by atoms with Gasteiger partial charge in [-0.1, -0.05) is 27.7 Å². The van der Waals surface area contributed by atoms with Crippen LogP contribution in [0.1, 0.15) is 27.7 Å². The fourth-order valence-electron chi connectivity index (χ4n) is 3.13. The van der Waals surface area contributed by atoms with E-state index in [0.29, 0.717) is 0 Å². The van der Waals surface area contributed by atoms with Crippen LogP contribution in [0, 0.1) is 11.8 Å². The summed E-state index contributed by atoms with van der Waals surface area (Å²) in [4.78, 5) is 12.7. The van der Waals surface area contributed by atoms with Crippen LogP contribution >= 0.6 is 11.8 Å². The average molecular weight is 334 g/mol. The van der Waals surface area contributed by atoms with E-state index in [4.69, 9.17) is 0 Å². The third-order valence-electron chi connectivity index (χ3n) is 4.39. The van der Waals surface area contributed by atoms with Crippen molar-refractivity contribution >= 4 is 17.4 Å². The predicted molar refractivity (Wildman–Crippen MR) is 83.6 cm³/mol. The Morgan fingerprint density at radius 3 is 2.36 bits per heavy atom. The summed E-state index contributed by atoms with van der Waals surface area (Å²) in [7, 11) is 0. The quantitative estimate of drug-likeness (QED) is 0.906. The number of hydrogen-bond donors (Lipinski definition) is 1. The number of fused-ring (bicyclic) bond motifs is 1. The number of nitrogens with zero attached hydrogens (tertiary/aromatic N) is 1. The normalized spacial score (nSPS) is 17.1. The Labute approximate surface area is 132 Å². The second-order valence-corrected chi connectivity index (χ2v) is 7.28. The molecule has 1 aromatic rings. The number of pyridine rings is 1. The van der Waals surface area contributed by atoms with Crippen molar-refractivity contribution in [1.82, 2.24) is 4.57 Å². The number of halogens is 3. The molecule has 0 spiro atoms. The van der Waals surface area contributed by atoms with Crippen molar-refractivity contribution in [3.63, 3.8) is 0 Å². The summed E-state index contributed by atoms with van der Waals surface area (Å²) in [5.41, 5.74) is -0.726. The van der Waals surface area contributed by atoms with E-state index in [9.17, 15) is 18.0 Å². The lowest BCUT2D eigenvalue weighted by atomic mass is 9.78. The number of hydrogen-bond acceptors (Lipinski definition) is 3. The van der Waals surface area contributed by atoms with Gasteiger partial charge in [-0.05, 0) is 24.0 Å². The number of rotatable bonds is 4. The van der Waals surface area contributed by atoms with Gasteiger partial charge in [0.2, 0.25) is 0 Å². The van der Waals surface area contributed by atoms with E-state index in [1.54, 1.807) is 22.4 Å². The molecule has 3 nitrogen and oxygen atoms in total. The molecular weight excluding hydrogens is 313 g/mol. The van der Waals surface area contributed by atoms with E-state index in [-0.39, 0.29) is 28.6 Å². The largest absolute Gasteiger partial charge is 0.405 e. The standard InChI is InChI=1S/C15H21F3N2OS/c1-9(2)14(10(3)4)8-22-12-6-5-11(13(21)20(12)14)19-7-15(16,17)18/h5-6,9-10,19H,7-8H2,1-4H3. The number of anilines is 1. The van der Waals surface area contributed by atoms with E-state index in [1.165, 1.54) is 6.07 Å². The monoisotopic (exact) mass is 334 g/mol. The second-order valence-electron chi connectivity index (χ2n) is 6.28. The van der Waals surface area contributed by atoms with Gasteiger partial charge in [0.25, 0.3) is 5.56 Å². The van der Waals surface area contributed by atoms with Gasteiger partial charge in [-0.25, -0.2) is 0 Å². The molecule has 0 aliphatic carbocycles. The molecule has 0 unspecified atom stereocenters. The van der Waals surface area contributed by atoms with Crippen LogP contribution in [0.15, 0.2) is 22.0 Å². The highest BCUT2D eigenvalue weighted by molar-refractivity contribution is 7.99. The maximum absolute atomic E-state index is 12.7. The van der Waals surface area contributed by atoms with Crippen LogP contribution in [0.4, 0.5) is 18.9 Å². The molecule has 1 aliphatic heterocycles. The van der Waals surface area contributed by atoms with Gasteiger partial charge in [-0.15, -0.1) is 11.8 Å². The van der Waals surface area contributed by atoms with Gasteiger partial charge in [-0.2, -0.15) is 13.2 Å². The lowest BCUT2D eigenvalue weighted by molar-refractivity contribution is -0.115. The van der Waals surface area contributed by atoms with Gasteiger partial charge in [0.1, 0.15) is 12.2 Å². The van der Waals surface area contributed by atoms with Crippen molar-refractivity contribution in [3.8, 4) is 0 Å².